The van der Waals surface area contributed by atoms with Gasteiger partial charge in [-0.3, -0.25) is 4.79 Å². The van der Waals surface area contributed by atoms with Gasteiger partial charge in [-0.05, 0) is 60.8 Å². The highest BCUT2D eigenvalue weighted by Crippen LogP contribution is 2.32. The first-order valence-corrected chi connectivity index (χ1v) is 10.6. The third kappa shape index (κ3) is 4.82. The van der Waals surface area contributed by atoms with Gasteiger partial charge in [0.1, 0.15) is 6.07 Å². The maximum Gasteiger partial charge on any atom is 0.252 e. The lowest BCUT2D eigenvalue weighted by atomic mass is 10.1. The summed E-state index contributed by atoms with van der Waals surface area (Å²) < 4.78 is 0. The molecular weight excluding hydrogens is 386 g/mol. The van der Waals surface area contributed by atoms with Crippen molar-refractivity contribution in [3.8, 4) is 6.07 Å². The number of hydrogen-bond acceptors (Lipinski definition) is 5. The molecule has 3 aromatic rings. The van der Waals surface area contributed by atoms with Crippen molar-refractivity contribution in [1.29, 1.82) is 5.26 Å². The zero-order chi connectivity index (χ0) is 19.9. The predicted octanol–water partition coefficient (Wildman–Crippen LogP) is 4.80. The van der Waals surface area contributed by atoms with Crippen LogP contribution in [0.3, 0.4) is 0 Å². The first-order chi connectivity index (χ1) is 13.6. The summed E-state index contributed by atoms with van der Waals surface area (Å²) in [5.41, 5.74) is 2.41. The summed E-state index contributed by atoms with van der Waals surface area (Å²) in [6.07, 6.45) is 0. The highest BCUT2D eigenvalue weighted by Gasteiger charge is 2.18. The van der Waals surface area contributed by atoms with Gasteiger partial charge >= 0.3 is 0 Å². The molecule has 28 heavy (non-hydrogen) atoms. The number of carbonyl (C=O) groups is 1. The van der Waals surface area contributed by atoms with E-state index < -0.39 is 0 Å². The molecule has 1 aromatic heterocycles. The number of amides is 1. The fourth-order valence-electron chi connectivity index (χ4n) is 2.86. The monoisotopic (exact) mass is 407 g/mol. The van der Waals surface area contributed by atoms with Gasteiger partial charge in [-0.1, -0.05) is 36.0 Å². The first kappa shape index (κ1) is 20.2. The van der Waals surface area contributed by atoms with Crippen molar-refractivity contribution in [3.63, 3.8) is 0 Å². The molecule has 6 heteroatoms. The zero-order valence-electron chi connectivity index (χ0n) is 15.8. The Morgan fingerprint density at radius 1 is 1.14 bits per heavy atom. The van der Waals surface area contributed by atoms with Gasteiger partial charge < -0.3 is 10.2 Å². The number of rotatable bonds is 7. The third-order valence-corrected chi connectivity index (χ3v) is 6.22. The SMILES string of the molecule is CN(C)C(CNC(=O)c1ccccc1Sc1ccccc1C#N)c1ccsc1. The lowest BCUT2D eigenvalue weighted by Crippen LogP contribution is -2.34. The minimum absolute atomic E-state index is 0.111. The molecule has 0 aliphatic carbocycles. The number of carbonyl (C=O) groups excluding carboxylic acids is 1. The van der Waals surface area contributed by atoms with Crippen LogP contribution in [0.4, 0.5) is 0 Å². The van der Waals surface area contributed by atoms with Crippen molar-refractivity contribution < 1.29 is 4.79 Å². The van der Waals surface area contributed by atoms with E-state index in [0.29, 0.717) is 17.7 Å². The van der Waals surface area contributed by atoms with Crippen LogP contribution in [-0.4, -0.2) is 31.4 Å². The van der Waals surface area contributed by atoms with Crippen LogP contribution in [0.1, 0.15) is 27.5 Å². The summed E-state index contributed by atoms with van der Waals surface area (Å²) in [5.74, 6) is -0.111. The summed E-state index contributed by atoms with van der Waals surface area (Å²) in [5, 5.41) is 16.5. The van der Waals surface area contributed by atoms with Gasteiger partial charge in [0.05, 0.1) is 17.2 Å². The number of nitrogens with zero attached hydrogens (tertiary/aromatic N) is 2. The van der Waals surface area contributed by atoms with E-state index in [1.54, 1.807) is 17.4 Å². The molecule has 1 heterocycles. The predicted molar refractivity (Wildman–Crippen MR) is 115 cm³/mol. The average molecular weight is 408 g/mol. The Balaban J connectivity index is 1.77. The zero-order valence-corrected chi connectivity index (χ0v) is 17.4. The molecule has 0 saturated carbocycles. The van der Waals surface area contributed by atoms with Gasteiger partial charge in [-0.2, -0.15) is 16.6 Å². The molecule has 0 spiro atoms. The normalized spacial score (nSPS) is 11.8. The lowest BCUT2D eigenvalue weighted by molar-refractivity contribution is 0.0939. The van der Waals surface area contributed by atoms with E-state index >= 15 is 0 Å². The molecule has 1 unspecified atom stereocenters. The summed E-state index contributed by atoms with van der Waals surface area (Å²) in [7, 11) is 4.02. The van der Waals surface area contributed by atoms with E-state index in [4.69, 9.17) is 0 Å². The van der Waals surface area contributed by atoms with E-state index in [9.17, 15) is 10.1 Å². The fraction of sp³-hybridized carbons (Fsp3) is 0.182. The van der Waals surface area contributed by atoms with Gasteiger partial charge in [0.2, 0.25) is 0 Å². The molecule has 2 aromatic carbocycles. The molecule has 0 bridgehead atoms. The Labute approximate surface area is 173 Å². The van der Waals surface area contributed by atoms with Gasteiger partial charge in [-0.15, -0.1) is 0 Å². The summed E-state index contributed by atoms with van der Waals surface area (Å²) >= 11 is 3.09. The Kier molecular flexibility index (Phi) is 6.88. The number of nitrogens with one attached hydrogen (secondary N) is 1. The van der Waals surface area contributed by atoms with E-state index in [-0.39, 0.29) is 11.9 Å². The maximum atomic E-state index is 12.9. The largest absolute Gasteiger partial charge is 0.350 e. The van der Waals surface area contributed by atoms with Gasteiger partial charge in [0.15, 0.2) is 0 Å². The smallest absolute Gasteiger partial charge is 0.252 e. The van der Waals surface area contributed by atoms with Crippen molar-refractivity contribution in [2.24, 2.45) is 0 Å². The Morgan fingerprint density at radius 3 is 2.54 bits per heavy atom. The molecule has 0 saturated heterocycles. The van der Waals surface area contributed by atoms with Crippen LogP contribution >= 0.6 is 23.1 Å². The summed E-state index contributed by atoms with van der Waals surface area (Å²) in [4.78, 5) is 16.7. The van der Waals surface area contributed by atoms with Crippen LogP contribution in [0.5, 0.6) is 0 Å². The molecule has 0 radical (unpaired) electrons. The van der Waals surface area contributed by atoms with Gasteiger partial charge in [-0.25, -0.2) is 0 Å². The third-order valence-electron chi connectivity index (χ3n) is 4.37. The molecule has 0 fully saturated rings. The van der Waals surface area contributed by atoms with E-state index in [1.165, 1.54) is 17.3 Å². The standard InChI is InChI=1S/C22H21N3OS2/c1-25(2)19(17-11-12-27-15-17)14-24-22(26)18-8-4-6-10-21(18)28-20-9-5-3-7-16(20)13-23/h3-12,15,19H,14H2,1-2H3,(H,24,26). The van der Waals surface area contributed by atoms with Crippen LogP contribution in [0.15, 0.2) is 75.1 Å². The van der Waals surface area contributed by atoms with Crippen molar-refractivity contribution in [2.75, 3.05) is 20.6 Å². The number of likely N-dealkylation sites (N-methyl/N-ethyl adjacent to an activating group) is 1. The fourth-order valence-corrected chi connectivity index (χ4v) is 4.59. The minimum Gasteiger partial charge on any atom is -0.350 e. The summed E-state index contributed by atoms with van der Waals surface area (Å²) in [6, 6.07) is 19.3. The lowest BCUT2D eigenvalue weighted by Gasteiger charge is -2.24. The van der Waals surface area contributed by atoms with Crippen molar-refractivity contribution in [1.82, 2.24) is 10.2 Å². The van der Waals surface area contributed by atoms with Gasteiger partial charge in [0, 0.05) is 16.3 Å². The molecule has 0 aliphatic rings. The molecule has 142 valence electrons. The van der Waals surface area contributed by atoms with E-state index in [2.05, 4.69) is 27.7 Å². The maximum absolute atomic E-state index is 12.9. The number of thiophene rings is 1. The minimum atomic E-state index is -0.111. The molecule has 1 N–H and O–H groups in total. The van der Waals surface area contributed by atoms with Crippen molar-refractivity contribution in [2.45, 2.75) is 15.8 Å². The van der Waals surface area contributed by atoms with Crippen molar-refractivity contribution in [3.05, 3.63) is 82.0 Å². The van der Waals surface area contributed by atoms with Crippen molar-refractivity contribution >= 4 is 29.0 Å². The molecule has 1 atom stereocenters. The molecule has 4 nitrogen and oxygen atoms in total. The highest BCUT2D eigenvalue weighted by molar-refractivity contribution is 7.99. The quantitative estimate of drug-likeness (QED) is 0.611. The van der Waals surface area contributed by atoms with Crippen LogP contribution in [0.25, 0.3) is 0 Å². The number of nitriles is 1. The molecule has 0 aliphatic heterocycles. The second-order valence-electron chi connectivity index (χ2n) is 6.45. The van der Waals surface area contributed by atoms with Crippen LogP contribution in [0.2, 0.25) is 0 Å². The Hall–Kier alpha value is -2.59. The highest BCUT2D eigenvalue weighted by atomic mass is 32.2. The summed E-state index contributed by atoms with van der Waals surface area (Å²) in [6.45, 7) is 0.524. The second kappa shape index (κ2) is 9.56. The molecule has 1 amide bonds. The second-order valence-corrected chi connectivity index (χ2v) is 8.32. The molecular formula is C22H21N3OS2. The Bertz CT molecular complexity index is 977. The first-order valence-electron chi connectivity index (χ1n) is 8.83. The van der Waals surface area contributed by atoms with Crippen LogP contribution in [0, 0.1) is 11.3 Å². The van der Waals surface area contributed by atoms with Crippen LogP contribution in [-0.2, 0) is 0 Å². The average Bonchev–Trinajstić information content (AvgIpc) is 3.23. The topological polar surface area (TPSA) is 56.1 Å². The van der Waals surface area contributed by atoms with E-state index in [0.717, 1.165) is 9.79 Å². The Morgan fingerprint density at radius 2 is 1.86 bits per heavy atom. The van der Waals surface area contributed by atoms with Gasteiger partial charge in [0.25, 0.3) is 5.91 Å². The number of benzene rings is 2. The van der Waals surface area contributed by atoms with E-state index in [1.807, 2.05) is 61.9 Å². The molecule has 3 rings (SSSR count). The number of hydrogen-bond donors (Lipinski definition) is 1. The van der Waals surface area contributed by atoms with Crippen LogP contribution < -0.4 is 5.32 Å².